The number of cyclic esters (lactones) is 1. The molecule has 1 aromatic carbocycles. The van der Waals surface area contributed by atoms with Crippen LogP contribution in [-0.4, -0.2) is 16.5 Å². The molecule has 1 heterocycles. The van der Waals surface area contributed by atoms with E-state index in [1.165, 1.54) is 0 Å². The van der Waals surface area contributed by atoms with Crippen molar-refractivity contribution in [3.8, 4) is 0 Å². The van der Waals surface area contributed by atoms with Crippen molar-refractivity contribution in [1.82, 2.24) is 4.90 Å². The number of carbonyl (C=O) groups is 1. The van der Waals surface area contributed by atoms with E-state index in [1.54, 1.807) is 4.90 Å². The van der Waals surface area contributed by atoms with E-state index in [4.69, 9.17) is 4.74 Å². The van der Waals surface area contributed by atoms with Gasteiger partial charge in [0.15, 0.2) is 0 Å². The second kappa shape index (κ2) is 3.67. The summed E-state index contributed by atoms with van der Waals surface area (Å²) >= 11 is 0. The Balaban J connectivity index is 2.22. The lowest BCUT2D eigenvalue weighted by molar-refractivity contribution is 0.154. The number of nitrogens with zero attached hydrogens (tertiary/aromatic N) is 1. The molecule has 0 aliphatic carbocycles. The maximum Gasteiger partial charge on any atom is 0.416 e. The van der Waals surface area contributed by atoms with Crippen LogP contribution in [0.3, 0.4) is 0 Å². The van der Waals surface area contributed by atoms with Crippen molar-refractivity contribution in [2.45, 2.75) is 25.9 Å². The second-order valence-electron chi connectivity index (χ2n) is 4.42. The highest BCUT2D eigenvalue weighted by molar-refractivity contribution is 5.74. The van der Waals surface area contributed by atoms with Gasteiger partial charge in [-0.15, -0.1) is 0 Å². The first-order chi connectivity index (χ1) is 7.51. The largest absolute Gasteiger partial charge is 0.416 e. The minimum atomic E-state index is -0.438. The molecular weight excluding hydrogens is 202 g/mol. The summed E-state index contributed by atoms with van der Waals surface area (Å²) in [5, 5.41) is 0. The Morgan fingerprint density at radius 2 is 1.94 bits per heavy atom. The van der Waals surface area contributed by atoms with Gasteiger partial charge in [0.05, 0.1) is 12.1 Å². The molecule has 1 aliphatic heterocycles. The minimum absolute atomic E-state index is 0.321. The van der Waals surface area contributed by atoms with Gasteiger partial charge in [0.25, 0.3) is 0 Å². The van der Waals surface area contributed by atoms with Crippen molar-refractivity contribution >= 4 is 6.09 Å². The van der Waals surface area contributed by atoms with E-state index in [1.807, 2.05) is 44.2 Å². The van der Waals surface area contributed by atoms with E-state index < -0.39 is 5.54 Å². The molecule has 0 aromatic heterocycles. The quantitative estimate of drug-likeness (QED) is 0.762. The van der Waals surface area contributed by atoms with Crippen molar-refractivity contribution in [3.05, 3.63) is 48.2 Å². The lowest BCUT2D eigenvalue weighted by Gasteiger charge is -2.28. The number of amides is 1. The fraction of sp³-hybridized carbons (Fsp3) is 0.308. The topological polar surface area (TPSA) is 29.5 Å². The zero-order chi connectivity index (χ0) is 11.8. The molecule has 0 unspecified atom stereocenters. The lowest BCUT2D eigenvalue weighted by Crippen LogP contribution is -2.40. The molecule has 84 valence electrons. The molecule has 1 aromatic rings. The van der Waals surface area contributed by atoms with E-state index in [9.17, 15) is 4.79 Å². The average molecular weight is 217 g/mol. The molecule has 16 heavy (non-hydrogen) atoms. The highest BCUT2D eigenvalue weighted by Crippen LogP contribution is 2.33. The van der Waals surface area contributed by atoms with Gasteiger partial charge in [-0.25, -0.2) is 4.79 Å². The Hall–Kier alpha value is -1.77. The van der Waals surface area contributed by atoms with Gasteiger partial charge in [-0.3, -0.25) is 4.90 Å². The standard InChI is InChI=1S/C13H15NO2/c1-10-13(2,3)14(12(15)16-10)9-11-7-5-4-6-8-11/h4-8H,1,9H2,2-3H3. The van der Waals surface area contributed by atoms with Gasteiger partial charge in [0.1, 0.15) is 5.76 Å². The smallest absolute Gasteiger partial charge is 0.413 e. The predicted molar refractivity (Wildman–Crippen MR) is 61.7 cm³/mol. The van der Waals surface area contributed by atoms with Gasteiger partial charge < -0.3 is 4.74 Å². The number of carbonyl (C=O) groups excluding carboxylic acids is 1. The maximum atomic E-state index is 11.6. The first kappa shape index (κ1) is 10.7. The van der Waals surface area contributed by atoms with E-state index in [-0.39, 0.29) is 6.09 Å². The van der Waals surface area contributed by atoms with Crippen LogP contribution in [0.2, 0.25) is 0 Å². The van der Waals surface area contributed by atoms with E-state index in [0.29, 0.717) is 12.3 Å². The third-order valence-corrected chi connectivity index (χ3v) is 2.97. The monoisotopic (exact) mass is 217 g/mol. The second-order valence-corrected chi connectivity index (χ2v) is 4.42. The molecule has 1 fully saturated rings. The molecule has 0 bridgehead atoms. The molecule has 0 N–H and O–H groups in total. The van der Waals surface area contributed by atoms with Gasteiger partial charge >= 0.3 is 6.09 Å². The number of rotatable bonds is 2. The molecule has 1 aliphatic rings. The molecule has 0 atom stereocenters. The van der Waals surface area contributed by atoms with Gasteiger partial charge in [0.2, 0.25) is 0 Å². The summed E-state index contributed by atoms with van der Waals surface area (Å²) < 4.78 is 5.05. The van der Waals surface area contributed by atoms with Crippen LogP contribution in [0.15, 0.2) is 42.7 Å². The molecule has 2 rings (SSSR count). The van der Waals surface area contributed by atoms with Crippen LogP contribution in [-0.2, 0) is 11.3 Å². The van der Waals surface area contributed by atoms with Crippen LogP contribution >= 0.6 is 0 Å². The Morgan fingerprint density at radius 1 is 1.31 bits per heavy atom. The average Bonchev–Trinajstić information content (AvgIpc) is 2.43. The Morgan fingerprint density at radius 3 is 2.44 bits per heavy atom. The Bertz CT molecular complexity index is 423. The first-order valence-electron chi connectivity index (χ1n) is 5.24. The highest BCUT2D eigenvalue weighted by Gasteiger charge is 2.43. The van der Waals surface area contributed by atoms with Crippen LogP contribution < -0.4 is 0 Å². The van der Waals surface area contributed by atoms with Gasteiger partial charge in [-0.2, -0.15) is 0 Å². The summed E-state index contributed by atoms with van der Waals surface area (Å²) in [5.41, 5.74) is 0.648. The predicted octanol–water partition coefficient (Wildman–Crippen LogP) is 2.93. The van der Waals surface area contributed by atoms with E-state index in [2.05, 4.69) is 6.58 Å². The Kier molecular flexibility index (Phi) is 2.46. The third kappa shape index (κ3) is 1.69. The van der Waals surface area contributed by atoms with Crippen LogP contribution in [0.4, 0.5) is 4.79 Å². The fourth-order valence-electron chi connectivity index (χ4n) is 1.69. The van der Waals surface area contributed by atoms with Crippen molar-refractivity contribution in [2.75, 3.05) is 0 Å². The number of benzene rings is 1. The number of hydrogen-bond donors (Lipinski definition) is 0. The summed E-state index contributed by atoms with van der Waals surface area (Å²) in [6, 6.07) is 9.85. The number of ether oxygens (including phenoxy) is 1. The van der Waals surface area contributed by atoms with Gasteiger partial charge in [-0.05, 0) is 19.4 Å². The van der Waals surface area contributed by atoms with Crippen molar-refractivity contribution in [2.24, 2.45) is 0 Å². The molecule has 1 amide bonds. The third-order valence-electron chi connectivity index (χ3n) is 2.97. The zero-order valence-corrected chi connectivity index (χ0v) is 9.56. The summed E-state index contributed by atoms with van der Waals surface area (Å²) in [5.74, 6) is 0.508. The highest BCUT2D eigenvalue weighted by atomic mass is 16.6. The molecule has 3 nitrogen and oxygen atoms in total. The lowest BCUT2D eigenvalue weighted by atomic mass is 10.0. The van der Waals surface area contributed by atoms with E-state index >= 15 is 0 Å². The molecule has 0 saturated carbocycles. The first-order valence-corrected chi connectivity index (χ1v) is 5.24. The summed E-state index contributed by atoms with van der Waals surface area (Å²) in [4.78, 5) is 13.3. The van der Waals surface area contributed by atoms with Gasteiger partial charge in [-0.1, -0.05) is 36.9 Å². The van der Waals surface area contributed by atoms with Crippen LogP contribution in [0.1, 0.15) is 19.4 Å². The Labute approximate surface area is 95.3 Å². The van der Waals surface area contributed by atoms with Crippen LogP contribution in [0, 0.1) is 0 Å². The minimum Gasteiger partial charge on any atom is -0.413 e. The normalized spacial score (nSPS) is 18.8. The van der Waals surface area contributed by atoms with E-state index in [0.717, 1.165) is 5.56 Å². The molecule has 3 heteroatoms. The maximum absolute atomic E-state index is 11.6. The zero-order valence-electron chi connectivity index (χ0n) is 9.56. The fourth-order valence-corrected chi connectivity index (χ4v) is 1.69. The van der Waals surface area contributed by atoms with Crippen molar-refractivity contribution in [3.63, 3.8) is 0 Å². The molecule has 1 saturated heterocycles. The molecular formula is C13H15NO2. The van der Waals surface area contributed by atoms with Crippen LogP contribution in [0.25, 0.3) is 0 Å². The summed E-state index contributed by atoms with van der Waals surface area (Å²) in [6.07, 6.45) is -0.321. The SMILES string of the molecule is C=C1OC(=O)N(Cc2ccccc2)C1(C)C. The van der Waals surface area contributed by atoms with Crippen molar-refractivity contribution in [1.29, 1.82) is 0 Å². The van der Waals surface area contributed by atoms with Crippen LogP contribution in [0.5, 0.6) is 0 Å². The number of hydrogen-bond acceptors (Lipinski definition) is 2. The summed E-state index contributed by atoms with van der Waals surface area (Å²) in [6.45, 7) is 8.18. The molecule has 0 radical (unpaired) electrons. The van der Waals surface area contributed by atoms with Gasteiger partial charge in [0, 0.05) is 0 Å². The molecule has 0 spiro atoms. The van der Waals surface area contributed by atoms with Crippen molar-refractivity contribution < 1.29 is 9.53 Å². The summed E-state index contributed by atoms with van der Waals surface area (Å²) in [7, 11) is 0.